The number of nitro benzene ring substituents is 1. The van der Waals surface area contributed by atoms with E-state index in [-0.39, 0.29) is 17.3 Å². The van der Waals surface area contributed by atoms with Crippen LogP contribution in [0.1, 0.15) is 46.2 Å². The van der Waals surface area contributed by atoms with Crippen LogP contribution in [0, 0.1) is 15.5 Å². The van der Waals surface area contributed by atoms with Gasteiger partial charge >= 0.3 is 12.1 Å². The van der Waals surface area contributed by atoms with Crippen molar-refractivity contribution < 1.29 is 24.0 Å². The fourth-order valence-corrected chi connectivity index (χ4v) is 2.42. The first-order valence-corrected chi connectivity index (χ1v) is 8.39. The minimum absolute atomic E-state index is 0.153. The number of esters is 1. The van der Waals surface area contributed by atoms with Gasteiger partial charge < -0.3 is 14.8 Å². The molecule has 0 bridgehead atoms. The molecule has 1 aromatic carbocycles. The Morgan fingerprint density at radius 2 is 1.81 bits per heavy atom. The van der Waals surface area contributed by atoms with Crippen LogP contribution < -0.4 is 5.32 Å². The zero-order valence-corrected chi connectivity index (χ0v) is 16.1. The number of nitrogens with zero attached hydrogens (tertiary/aromatic N) is 1. The zero-order valence-electron chi connectivity index (χ0n) is 15.4. The van der Waals surface area contributed by atoms with Crippen LogP contribution in [-0.4, -0.2) is 28.7 Å². The summed E-state index contributed by atoms with van der Waals surface area (Å²) in [5.74, 6) is -0.716. The third-order valence-corrected chi connectivity index (χ3v) is 3.65. The highest BCUT2D eigenvalue weighted by Crippen LogP contribution is 2.39. The van der Waals surface area contributed by atoms with Crippen LogP contribution in [0.2, 0.25) is 0 Å². The van der Waals surface area contributed by atoms with Gasteiger partial charge in [-0.25, -0.2) is 4.79 Å². The first-order valence-electron chi connectivity index (χ1n) is 7.86. The average molecular weight is 387 g/mol. The average Bonchev–Trinajstić information content (AvgIpc) is 2.51. The van der Waals surface area contributed by atoms with Gasteiger partial charge in [0.2, 0.25) is 0 Å². The fraction of sp³-hybridized carbons (Fsp3) is 0.529. The molecule has 0 aromatic heterocycles. The van der Waals surface area contributed by atoms with Crippen LogP contribution in [0.4, 0.5) is 10.5 Å². The Morgan fingerprint density at radius 3 is 2.31 bits per heavy atom. The number of nitrogens with one attached hydrogen (secondary N) is 1. The van der Waals surface area contributed by atoms with E-state index in [2.05, 4.69) is 5.32 Å². The Hall–Kier alpha value is -2.35. The quantitative estimate of drug-likeness (QED) is 0.343. The summed E-state index contributed by atoms with van der Waals surface area (Å²) in [4.78, 5) is 35.4. The Bertz CT molecular complexity index is 684. The molecule has 0 aliphatic carbocycles. The molecular weight excluding hydrogens is 364 g/mol. The Kier molecular flexibility index (Phi) is 6.97. The van der Waals surface area contributed by atoms with Crippen LogP contribution in [0.25, 0.3) is 0 Å². The highest BCUT2D eigenvalue weighted by Gasteiger charge is 2.43. The van der Waals surface area contributed by atoms with E-state index in [4.69, 9.17) is 21.1 Å². The highest BCUT2D eigenvalue weighted by atomic mass is 35.5. The molecule has 144 valence electrons. The number of rotatable bonds is 6. The molecule has 1 amide bonds. The highest BCUT2D eigenvalue weighted by molar-refractivity contribution is 6.17. The van der Waals surface area contributed by atoms with Crippen molar-refractivity contribution in [1.29, 1.82) is 0 Å². The third-order valence-electron chi connectivity index (χ3n) is 3.54. The van der Waals surface area contributed by atoms with E-state index < -0.39 is 34.0 Å². The second-order valence-corrected chi connectivity index (χ2v) is 7.38. The van der Waals surface area contributed by atoms with Crippen molar-refractivity contribution in [3.8, 4) is 0 Å². The van der Waals surface area contributed by atoms with Gasteiger partial charge in [-0.1, -0.05) is 29.8 Å². The molecule has 1 N–H and O–H groups in total. The van der Waals surface area contributed by atoms with Gasteiger partial charge in [-0.3, -0.25) is 14.9 Å². The fourth-order valence-electron chi connectivity index (χ4n) is 2.32. The maximum Gasteiger partial charge on any atom is 0.408 e. The number of benzene rings is 1. The van der Waals surface area contributed by atoms with E-state index in [1.807, 2.05) is 0 Å². The van der Waals surface area contributed by atoms with Gasteiger partial charge in [-0.2, -0.15) is 0 Å². The van der Waals surface area contributed by atoms with Gasteiger partial charge in [0.05, 0.1) is 21.9 Å². The summed E-state index contributed by atoms with van der Waals surface area (Å²) < 4.78 is 10.1. The standard InChI is InChI=1S/C17H23ClN2O6/c1-16(2,3)26-15(22)19-13(17(4,5)14(21)25-10-18)11-8-6-7-9-12(11)20(23)24/h6-9,13H,10H2,1-5H3,(H,19,22). The summed E-state index contributed by atoms with van der Waals surface area (Å²) in [6.45, 7) is 8.04. The second-order valence-electron chi connectivity index (χ2n) is 7.16. The first-order chi connectivity index (χ1) is 11.9. The number of amides is 1. The molecule has 1 aromatic rings. The van der Waals surface area contributed by atoms with Crippen molar-refractivity contribution in [3.63, 3.8) is 0 Å². The molecule has 8 nitrogen and oxygen atoms in total. The number of carbonyl (C=O) groups excluding carboxylic acids is 2. The molecule has 0 heterocycles. The lowest BCUT2D eigenvalue weighted by Gasteiger charge is -2.33. The van der Waals surface area contributed by atoms with E-state index in [0.29, 0.717) is 0 Å². The lowest BCUT2D eigenvalue weighted by Crippen LogP contribution is -2.45. The molecule has 26 heavy (non-hydrogen) atoms. The molecule has 0 aliphatic heterocycles. The van der Waals surface area contributed by atoms with Gasteiger partial charge in [0.1, 0.15) is 5.60 Å². The topological polar surface area (TPSA) is 108 Å². The number of carbonyl (C=O) groups is 2. The maximum atomic E-state index is 12.4. The molecule has 0 fully saturated rings. The summed E-state index contributed by atoms with van der Waals surface area (Å²) in [5.41, 5.74) is -2.21. The third kappa shape index (κ3) is 5.59. The summed E-state index contributed by atoms with van der Waals surface area (Å²) in [6.07, 6.45) is -0.813. The van der Waals surface area contributed by atoms with Gasteiger partial charge in [-0.05, 0) is 34.6 Å². The van der Waals surface area contributed by atoms with Crippen molar-refractivity contribution in [1.82, 2.24) is 5.32 Å². The summed E-state index contributed by atoms with van der Waals surface area (Å²) in [6, 6.07) is 4.39. The molecule has 1 atom stereocenters. The molecule has 0 aliphatic rings. The monoisotopic (exact) mass is 386 g/mol. The van der Waals surface area contributed by atoms with E-state index in [0.717, 1.165) is 0 Å². The summed E-state index contributed by atoms with van der Waals surface area (Å²) >= 11 is 5.46. The smallest absolute Gasteiger partial charge is 0.408 e. The van der Waals surface area contributed by atoms with Gasteiger partial charge in [-0.15, -0.1) is 0 Å². The number of hydrogen-bond donors (Lipinski definition) is 1. The molecule has 0 spiro atoms. The second kappa shape index (κ2) is 8.35. The van der Waals surface area contributed by atoms with Crippen molar-refractivity contribution >= 4 is 29.4 Å². The number of halogens is 1. The Labute approximate surface area is 157 Å². The SMILES string of the molecule is CC(C)(C)OC(=O)NC(c1ccccc1[N+](=O)[O-])C(C)(C)C(=O)OCCl. The molecule has 9 heteroatoms. The number of alkyl halides is 1. The minimum atomic E-state index is -1.35. The molecule has 0 saturated heterocycles. The molecular formula is C17H23ClN2O6. The minimum Gasteiger partial charge on any atom is -0.449 e. The predicted octanol–water partition coefficient (Wildman–Crippen LogP) is 3.93. The Balaban J connectivity index is 3.37. The van der Waals surface area contributed by atoms with Crippen LogP contribution in [0.5, 0.6) is 0 Å². The van der Waals surface area contributed by atoms with Crippen LogP contribution in [0.15, 0.2) is 24.3 Å². The maximum absolute atomic E-state index is 12.4. The van der Waals surface area contributed by atoms with Crippen molar-refractivity contribution in [2.45, 2.75) is 46.3 Å². The normalized spacial score (nSPS) is 12.8. The van der Waals surface area contributed by atoms with Crippen LogP contribution >= 0.6 is 11.6 Å². The molecule has 0 radical (unpaired) electrons. The number of ether oxygens (including phenoxy) is 2. The van der Waals surface area contributed by atoms with Gasteiger partial charge in [0.25, 0.3) is 5.69 Å². The van der Waals surface area contributed by atoms with Crippen LogP contribution in [0.3, 0.4) is 0 Å². The van der Waals surface area contributed by atoms with E-state index >= 15 is 0 Å². The number of hydrogen-bond acceptors (Lipinski definition) is 6. The predicted molar refractivity (Wildman–Crippen MR) is 95.8 cm³/mol. The van der Waals surface area contributed by atoms with Crippen molar-refractivity contribution in [3.05, 3.63) is 39.9 Å². The lowest BCUT2D eigenvalue weighted by atomic mass is 9.80. The molecule has 1 unspecified atom stereocenters. The van der Waals surface area contributed by atoms with Crippen molar-refractivity contribution in [2.24, 2.45) is 5.41 Å². The van der Waals surface area contributed by atoms with Crippen LogP contribution in [-0.2, 0) is 14.3 Å². The molecule has 0 saturated carbocycles. The first kappa shape index (κ1) is 21.7. The Morgan fingerprint density at radius 1 is 1.23 bits per heavy atom. The van der Waals surface area contributed by atoms with Gasteiger partial charge in [0.15, 0.2) is 6.07 Å². The summed E-state index contributed by atoms with van der Waals surface area (Å²) in [5, 5.41) is 13.9. The zero-order chi connectivity index (χ0) is 20.1. The molecule has 1 rings (SSSR count). The van der Waals surface area contributed by atoms with Crippen molar-refractivity contribution in [2.75, 3.05) is 6.07 Å². The van der Waals surface area contributed by atoms with E-state index in [1.165, 1.54) is 32.0 Å². The largest absolute Gasteiger partial charge is 0.449 e. The number of para-hydroxylation sites is 1. The lowest BCUT2D eigenvalue weighted by molar-refractivity contribution is -0.385. The summed E-state index contributed by atoms with van der Waals surface area (Å²) in [7, 11) is 0. The van der Waals surface area contributed by atoms with E-state index in [9.17, 15) is 19.7 Å². The van der Waals surface area contributed by atoms with E-state index in [1.54, 1.807) is 26.8 Å². The van der Waals surface area contributed by atoms with Gasteiger partial charge in [0, 0.05) is 6.07 Å². The number of alkyl carbamates (subject to hydrolysis) is 1. The number of nitro groups is 1.